The zero-order valence-electron chi connectivity index (χ0n) is 14.1. The molecule has 2 unspecified atom stereocenters. The van der Waals surface area contributed by atoms with Crippen molar-refractivity contribution >= 4 is 21.4 Å². The number of hydrogen-bond acceptors (Lipinski definition) is 6. The number of nitrogens with two attached hydrogens (primary N) is 1. The molecule has 26 heavy (non-hydrogen) atoms. The molecule has 2 N–H and O–H groups in total. The molecular weight excluding hydrogens is 358 g/mol. The first-order valence-electron chi connectivity index (χ1n) is 8.02. The van der Waals surface area contributed by atoms with Gasteiger partial charge in [-0.1, -0.05) is 30.3 Å². The van der Waals surface area contributed by atoms with Crippen LogP contribution in [-0.2, 0) is 14.8 Å². The Bertz CT molecular complexity index is 917. The normalized spacial score (nSPS) is 20.8. The lowest BCUT2D eigenvalue weighted by Crippen LogP contribution is -2.43. The predicted molar refractivity (Wildman–Crippen MR) is 96.4 cm³/mol. The van der Waals surface area contributed by atoms with Crippen LogP contribution in [0.2, 0.25) is 0 Å². The third-order valence-electron chi connectivity index (χ3n) is 4.23. The van der Waals surface area contributed by atoms with Gasteiger partial charge in [-0.05, 0) is 18.6 Å². The largest absolute Gasteiger partial charge is 0.367 e. The predicted octanol–water partition coefficient (Wildman–Crippen LogP) is 2.21. The third kappa shape index (κ3) is 3.85. The summed E-state index contributed by atoms with van der Waals surface area (Å²) in [6.07, 6.45) is -0.402. The second-order valence-corrected chi connectivity index (χ2v) is 7.74. The molecule has 1 aliphatic rings. The van der Waals surface area contributed by atoms with Crippen LogP contribution in [0.3, 0.4) is 0 Å². The van der Waals surface area contributed by atoms with Gasteiger partial charge in [-0.3, -0.25) is 10.1 Å². The molecule has 0 spiro atoms. The van der Waals surface area contributed by atoms with Gasteiger partial charge in [0.2, 0.25) is 10.0 Å². The number of nitro benzene ring substituents is 1. The van der Waals surface area contributed by atoms with Gasteiger partial charge in [0.25, 0.3) is 5.69 Å². The van der Waals surface area contributed by atoms with Crippen molar-refractivity contribution in [1.82, 2.24) is 0 Å². The van der Waals surface area contributed by atoms with Gasteiger partial charge in [0.15, 0.2) is 0 Å². The molecule has 1 saturated heterocycles. The Hall–Kier alpha value is -2.49. The van der Waals surface area contributed by atoms with E-state index in [1.165, 1.54) is 12.1 Å². The van der Waals surface area contributed by atoms with Crippen molar-refractivity contribution in [2.75, 3.05) is 18.0 Å². The van der Waals surface area contributed by atoms with Crippen LogP contribution < -0.4 is 10.0 Å². The van der Waals surface area contributed by atoms with Crippen molar-refractivity contribution in [2.45, 2.75) is 24.0 Å². The second-order valence-electron chi connectivity index (χ2n) is 6.21. The highest BCUT2D eigenvalue weighted by Gasteiger charge is 2.30. The molecule has 1 aliphatic heterocycles. The molecule has 9 heteroatoms. The summed E-state index contributed by atoms with van der Waals surface area (Å²) in [4.78, 5) is 11.9. The third-order valence-corrected chi connectivity index (χ3v) is 5.17. The van der Waals surface area contributed by atoms with Crippen LogP contribution in [0, 0.1) is 10.1 Å². The Labute approximate surface area is 151 Å². The number of ether oxygens (including phenoxy) is 1. The van der Waals surface area contributed by atoms with E-state index in [0.29, 0.717) is 18.8 Å². The van der Waals surface area contributed by atoms with E-state index >= 15 is 0 Å². The Morgan fingerprint density at radius 2 is 1.88 bits per heavy atom. The highest BCUT2D eigenvalue weighted by atomic mass is 32.2. The lowest BCUT2D eigenvalue weighted by atomic mass is 10.1. The Kier molecular flexibility index (Phi) is 4.94. The number of hydrogen-bond donors (Lipinski definition) is 1. The SMILES string of the molecule is CC1CN(c2ccc([N+](=O)[O-])cc2S(N)(=O)=O)CC(c2ccccc2)O1. The van der Waals surface area contributed by atoms with Gasteiger partial charge < -0.3 is 9.64 Å². The smallest absolute Gasteiger partial charge is 0.270 e. The molecule has 0 bridgehead atoms. The molecule has 3 rings (SSSR count). The van der Waals surface area contributed by atoms with Gasteiger partial charge in [0.1, 0.15) is 11.0 Å². The lowest BCUT2D eigenvalue weighted by Gasteiger charge is -2.39. The number of benzene rings is 2. The first-order valence-corrected chi connectivity index (χ1v) is 9.57. The van der Waals surface area contributed by atoms with Crippen molar-refractivity contribution in [1.29, 1.82) is 0 Å². The summed E-state index contributed by atoms with van der Waals surface area (Å²) in [7, 11) is -4.13. The molecule has 1 heterocycles. The fourth-order valence-electron chi connectivity index (χ4n) is 3.11. The monoisotopic (exact) mass is 377 g/mol. The number of sulfonamides is 1. The molecule has 0 aliphatic carbocycles. The van der Waals surface area contributed by atoms with Crippen LogP contribution in [0.1, 0.15) is 18.6 Å². The molecule has 2 atom stereocenters. The molecule has 0 amide bonds. The molecule has 0 aromatic heterocycles. The minimum Gasteiger partial charge on any atom is -0.367 e. The van der Waals surface area contributed by atoms with E-state index in [0.717, 1.165) is 11.6 Å². The molecule has 138 valence electrons. The number of rotatable bonds is 4. The summed E-state index contributed by atoms with van der Waals surface area (Å²) < 4.78 is 30.0. The summed E-state index contributed by atoms with van der Waals surface area (Å²) in [6.45, 7) is 2.75. The van der Waals surface area contributed by atoms with E-state index < -0.39 is 14.9 Å². The van der Waals surface area contributed by atoms with Gasteiger partial charge in [-0.15, -0.1) is 0 Å². The van der Waals surface area contributed by atoms with E-state index in [1.54, 1.807) is 0 Å². The van der Waals surface area contributed by atoms with E-state index in [-0.39, 0.29) is 22.8 Å². The maximum absolute atomic E-state index is 12.0. The molecule has 0 saturated carbocycles. The maximum Gasteiger partial charge on any atom is 0.270 e. The topological polar surface area (TPSA) is 116 Å². The summed E-state index contributed by atoms with van der Waals surface area (Å²) in [5, 5.41) is 16.3. The summed E-state index contributed by atoms with van der Waals surface area (Å²) in [6, 6.07) is 13.3. The number of nitrogens with zero attached hydrogens (tertiary/aromatic N) is 2. The Morgan fingerprint density at radius 3 is 2.50 bits per heavy atom. The number of primary sulfonamides is 1. The van der Waals surface area contributed by atoms with Crippen LogP contribution in [-0.4, -0.2) is 32.5 Å². The van der Waals surface area contributed by atoms with Gasteiger partial charge in [-0.2, -0.15) is 0 Å². The van der Waals surface area contributed by atoms with Gasteiger partial charge in [0, 0.05) is 25.2 Å². The Balaban J connectivity index is 2.01. The van der Waals surface area contributed by atoms with Crippen LogP contribution in [0.5, 0.6) is 0 Å². The number of anilines is 1. The van der Waals surface area contributed by atoms with Crippen molar-refractivity contribution < 1.29 is 18.1 Å². The van der Waals surface area contributed by atoms with Gasteiger partial charge >= 0.3 is 0 Å². The first-order chi connectivity index (χ1) is 12.3. The minimum absolute atomic E-state index is 0.155. The van der Waals surface area contributed by atoms with Crippen molar-refractivity contribution in [3.63, 3.8) is 0 Å². The van der Waals surface area contributed by atoms with E-state index in [9.17, 15) is 18.5 Å². The van der Waals surface area contributed by atoms with Crippen LogP contribution >= 0.6 is 0 Å². The average molecular weight is 377 g/mol. The zero-order valence-corrected chi connectivity index (χ0v) is 14.9. The highest BCUT2D eigenvalue weighted by molar-refractivity contribution is 7.89. The average Bonchev–Trinajstić information content (AvgIpc) is 2.60. The van der Waals surface area contributed by atoms with Crippen LogP contribution in [0.4, 0.5) is 11.4 Å². The summed E-state index contributed by atoms with van der Waals surface area (Å²) in [5.74, 6) is 0. The molecular formula is C17H19N3O5S. The van der Waals surface area contributed by atoms with E-state index in [2.05, 4.69) is 0 Å². The fraction of sp³-hybridized carbons (Fsp3) is 0.294. The molecule has 2 aromatic carbocycles. The molecule has 0 radical (unpaired) electrons. The number of morpholine rings is 1. The van der Waals surface area contributed by atoms with Crippen LogP contribution in [0.15, 0.2) is 53.4 Å². The van der Waals surface area contributed by atoms with Gasteiger partial charge in [0.05, 0.1) is 16.7 Å². The lowest BCUT2D eigenvalue weighted by molar-refractivity contribution is -0.385. The number of non-ortho nitro benzene ring substituents is 1. The highest BCUT2D eigenvalue weighted by Crippen LogP contribution is 2.33. The summed E-state index contributed by atoms with van der Waals surface area (Å²) >= 11 is 0. The quantitative estimate of drug-likeness (QED) is 0.645. The molecule has 2 aromatic rings. The summed E-state index contributed by atoms with van der Waals surface area (Å²) in [5.41, 5.74) is 0.996. The maximum atomic E-state index is 12.0. The van der Waals surface area contributed by atoms with Crippen molar-refractivity contribution in [2.24, 2.45) is 5.14 Å². The van der Waals surface area contributed by atoms with Crippen molar-refractivity contribution in [3.05, 3.63) is 64.2 Å². The van der Waals surface area contributed by atoms with Crippen molar-refractivity contribution in [3.8, 4) is 0 Å². The number of nitro groups is 1. The standard InChI is InChI=1S/C17H19N3O5S/c1-12-10-19(11-16(25-12)13-5-3-2-4-6-13)15-8-7-14(20(21)22)9-17(15)26(18,23)24/h2-9,12,16H,10-11H2,1H3,(H2,18,23,24). The minimum atomic E-state index is -4.13. The zero-order chi connectivity index (χ0) is 18.9. The van der Waals surface area contributed by atoms with Gasteiger partial charge in [-0.25, -0.2) is 13.6 Å². The van der Waals surface area contributed by atoms with E-state index in [4.69, 9.17) is 9.88 Å². The molecule has 8 nitrogen and oxygen atoms in total. The molecule has 1 fully saturated rings. The Morgan fingerprint density at radius 1 is 1.19 bits per heavy atom. The second kappa shape index (κ2) is 7.02. The first kappa shape index (κ1) is 18.3. The fourth-order valence-corrected chi connectivity index (χ4v) is 3.88. The van der Waals surface area contributed by atoms with E-state index in [1.807, 2.05) is 42.2 Å². The van der Waals surface area contributed by atoms with Crippen LogP contribution in [0.25, 0.3) is 0 Å².